The van der Waals surface area contributed by atoms with Crippen molar-refractivity contribution in [1.29, 1.82) is 0 Å². The van der Waals surface area contributed by atoms with Crippen LogP contribution in [0, 0.1) is 0 Å². The topological polar surface area (TPSA) is 88.8 Å². The molecule has 0 N–H and O–H groups in total. The van der Waals surface area contributed by atoms with Crippen LogP contribution in [0.25, 0.3) is 11.5 Å². The van der Waals surface area contributed by atoms with Gasteiger partial charge in [0.2, 0.25) is 5.89 Å². The minimum Gasteiger partial charge on any atom is -0.444 e. The molecule has 3 heterocycles. The molecule has 1 saturated carbocycles. The highest BCUT2D eigenvalue weighted by Crippen LogP contribution is 2.35. The van der Waals surface area contributed by atoms with Crippen LogP contribution in [-0.2, 0) is 11.3 Å². The van der Waals surface area contributed by atoms with Crippen molar-refractivity contribution in [2.75, 3.05) is 13.1 Å². The van der Waals surface area contributed by atoms with Gasteiger partial charge in [-0.25, -0.2) is 4.79 Å². The van der Waals surface area contributed by atoms with Crippen LogP contribution in [0.4, 0.5) is 13.6 Å². The van der Waals surface area contributed by atoms with E-state index in [2.05, 4.69) is 10.2 Å². The van der Waals surface area contributed by atoms with Gasteiger partial charge in [-0.1, -0.05) is 12.5 Å². The monoisotopic (exact) mass is 432 g/mol. The summed E-state index contributed by atoms with van der Waals surface area (Å²) in [6, 6.07) is 4.88. The number of likely N-dealkylation sites (tertiary alicyclic amines) is 1. The lowest BCUT2D eigenvalue weighted by atomic mass is 9.91. The smallest absolute Gasteiger partial charge is 0.410 e. The summed E-state index contributed by atoms with van der Waals surface area (Å²) < 4.78 is 36.3. The van der Waals surface area contributed by atoms with Crippen molar-refractivity contribution in [2.45, 2.75) is 57.2 Å². The summed E-state index contributed by atoms with van der Waals surface area (Å²) >= 11 is 0. The Morgan fingerprint density at radius 2 is 1.97 bits per heavy atom. The van der Waals surface area contributed by atoms with Gasteiger partial charge in [-0.15, -0.1) is 10.2 Å². The highest BCUT2D eigenvalue weighted by Gasteiger charge is 2.40. The van der Waals surface area contributed by atoms with Crippen LogP contribution in [0.2, 0.25) is 0 Å². The molecule has 31 heavy (non-hydrogen) atoms. The maximum Gasteiger partial charge on any atom is 0.410 e. The zero-order valence-corrected chi connectivity index (χ0v) is 16.8. The summed E-state index contributed by atoms with van der Waals surface area (Å²) in [5.41, 5.74) is 1.73. The molecular formula is C21H22F2N4O4. The van der Waals surface area contributed by atoms with E-state index >= 15 is 0 Å². The third kappa shape index (κ3) is 3.64. The second-order valence-corrected chi connectivity index (χ2v) is 8.17. The average Bonchev–Trinajstić information content (AvgIpc) is 3.32. The Morgan fingerprint density at radius 3 is 2.68 bits per heavy atom. The molecular weight excluding hydrogens is 410 g/mol. The molecule has 2 amide bonds. The second-order valence-electron chi connectivity index (χ2n) is 8.17. The van der Waals surface area contributed by atoms with Gasteiger partial charge in [-0.3, -0.25) is 4.79 Å². The fraction of sp³-hybridized carbons (Fsp3) is 0.524. The predicted molar refractivity (Wildman–Crippen MR) is 103 cm³/mol. The van der Waals surface area contributed by atoms with Gasteiger partial charge in [0, 0.05) is 30.8 Å². The first-order valence-electron chi connectivity index (χ1n) is 10.5. The normalized spacial score (nSPS) is 23.1. The van der Waals surface area contributed by atoms with Gasteiger partial charge in [0.1, 0.15) is 6.10 Å². The molecule has 5 rings (SSSR count). The zero-order chi connectivity index (χ0) is 21.5. The van der Waals surface area contributed by atoms with Crippen molar-refractivity contribution in [2.24, 2.45) is 0 Å². The molecule has 2 unspecified atom stereocenters. The van der Waals surface area contributed by atoms with Gasteiger partial charge >= 0.3 is 12.5 Å². The quantitative estimate of drug-likeness (QED) is 0.731. The lowest BCUT2D eigenvalue weighted by Crippen LogP contribution is -2.50. The molecule has 10 heteroatoms. The maximum atomic E-state index is 13.2. The van der Waals surface area contributed by atoms with Crippen LogP contribution in [-0.4, -0.2) is 57.2 Å². The van der Waals surface area contributed by atoms with Crippen LogP contribution >= 0.6 is 0 Å². The summed E-state index contributed by atoms with van der Waals surface area (Å²) in [5.74, 6) is -0.969. The molecule has 8 nitrogen and oxygen atoms in total. The van der Waals surface area contributed by atoms with Crippen LogP contribution in [0.3, 0.4) is 0 Å². The molecule has 2 fully saturated rings. The van der Waals surface area contributed by atoms with E-state index in [1.807, 2.05) is 0 Å². The molecule has 2 aliphatic heterocycles. The maximum absolute atomic E-state index is 13.2. The van der Waals surface area contributed by atoms with Gasteiger partial charge < -0.3 is 19.0 Å². The number of rotatable bonds is 4. The van der Waals surface area contributed by atoms with Gasteiger partial charge in [0.15, 0.2) is 0 Å². The number of carbonyl (C=O) groups excluding carboxylic acids is 2. The molecule has 1 saturated heterocycles. The minimum atomic E-state index is -2.85. The van der Waals surface area contributed by atoms with Crippen LogP contribution in [0.5, 0.6) is 0 Å². The molecule has 3 aliphatic rings. The number of amides is 2. The molecule has 2 aromatic rings. The van der Waals surface area contributed by atoms with Gasteiger partial charge in [-0.2, -0.15) is 8.78 Å². The summed E-state index contributed by atoms with van der Waals surface area (Å²) in [5, 5.41) is 7.00. The Bertz CT molecular complexity index is 1010. The largest absolute Gasteiger partial charge is 0.444 e. The number of carbonyl (C=O) groups is 2. The van der Waals surface area contributed by atoms with E-state index in [9.17, 15) is 18.4 Å². The van der Waals surface area contributed by atoms with Gasteiger partial charge in [0.05, 0.1) is 6.04 Å². The Kier molecular flexibility index (Phi) is 5.07. The molecule has 0 bridgehead atoms. The highest BCUT2D eigenvalue weighted by atomic mass is 19.3. The Balaban J connectivity index is 1.35. The summed E-state index contributed by atoms with van der Waals surface area (Å²) in [4.78, 5) is 29.0. The molecule has 1 aliphatic carbocycles. The predicted octanol–water partition coefficient (Wildman–Crippen LogP) is 3.78. The van der Waals surface area contributed by atoms with Crippen LogP contribution in [0.1, 0.15) is 60.3 Å². The number of nitrogens with zero attached hydrogens (tertiary/aromatic N) is 4. The number of hydrogen-bond acceptors (Lipinski definition) is 6. The van der Waals surface area contributed by atoms with Crippen molar-refractivity contribution in [3.8, 4) is 11.5 Å². The summed E-state index contributed by atoms with van der Waals surface area (Å²) in [6.07, 6.45) is 0.924. The van der Waals surface area contributed by atoms with Gasteiger partial charge in [0.25, 0.3) is 11.8 Å². The molecule has 0 radical (unpaired) electrons. The number of benzene rings is 1. The van der Waals surface area contributed by atoms with E-state index in [4.69, 9.17) is 9.15 Å². The van der Waals surface area contributed by atoms with E-state index in [0.29, 0.717) is 17.7 Å². The van der Waals surface area contributed by atoms with Crippen molar-refractivity contribution in [1.82, 2.24) is 20.0 Å². The zero-order valence-electron chi connectivity index (χ0n) is 16.8. The van der Waals surface area contributed by atoms with Crippen molar-refractivity contribution < 1.29 is 27.5 Å². The second kappa shape index (κ2) is 7.90. The minimum absolute atomic E-state index is 0.0524. The van der Waals surface area contributed by atoms with Gasteiger partial charge in [-0.05, 0) is 43.4 Å². The third-order valence-electron chi connectivity index (χ3n) is 6.25. The standard InChI is InChI=1S/C21H22F2N4O4/c22-17(23)19-25-24-18(31-19)12-6-7-13-11-27(20(28)14(13)10-12)15-4-1-2-5-16(15)30-21(29)26-8-3-9-26/h6-7,10,15-17H,1-5,8-9,11H2. The highest BCUT2D eigenvalue weighted by molar-refractivity contribution is 5.99. The number of halogens is 2. The van der Waals surface area contributed by atoms with E-state index in [1.54, 1.807) is 28.0 Å². The lowest BCUT2D eigenvalue weighted by Gasteiger charge is -2.39. The first-order chi connectivity index (χ1) is 15.0. The van der Waals surface area contributed by atoms with Crippen molar-refractivity contribution in [3.63, 3.8) is 0 Å². The molecule has 0 spiro atoms. The Labute approximate surface area is 177 Å². The molecule has 1 aromatic carbocycles. The van der Waals surface area contributed by atoms with E-state index < -0.39 is 12.3 Å². The number of alkyl halides is 2. The van der Waals surface area contributed by atoms with Crippen LogP contribution in [0.15, 0.2) is 22.6 Å². The third-order valence-corrected chi connectivity index (χ3v) is 6.25. The van der Waals surface area contributed by atoms with E-state index in [0.717, 1.165) is 50.8 Å². The van der Waals surface area contributed by atoms with E-state index in [-0.39, 0.29) is 30.0 Å². The van der Waals surface area contributed by atoms with Crippen molar-refractivity contribution in [3.05, 3.63) is 35.2 Å². The Morgan fingerprint density at radius 1 is 1.16 bits per heavy atom. The number of ether oxygens (including phenoxy) is 1. The fourth-order valence-electron chi connectivity index (χ4n) is 4.44. The molecule has 2 atom stereocenters. The number of hydrogen-bond donors (Lipinski definition) is 0. The summed E-state index contributed by atoms with van der Waals surface area (Å²) in [7, 11) is 0. The first-order valence-corrected chi connectivity index (χ1v) is 10.5. The summed E-state index contributed by atoms with van der Waals surface area (Å²) in [6.45, 7) is 1.86. The fourth-order valence-corrected chi connectivity index (χ4v) is 4.44. The number of aromatic nitrogens is 2. The lowest BCUT2D eigenvalue weighted by molar-refractivity contribution is -0.0133. The van der Waals surface area contributed by atoms with Crippen molar-refractivity contribution >= 4 is 12.0 Å². The Hall–Kier alpha value is -3.04. The van der Waals surface area contributed by atoms with Crippen LogP contribution < -0.4 is 0 Å². The van der Waals surface area contributed by atoms with E-state index in [1.165, 1.54) is 0 Å². The first kappa shape index (κ1) is 19.9. The SMILES string of the molecule is O=C(OC1CCCCC1N1Cc2ccc(-c3nnc(C(F)F)o3)cc2C1=O)N1CCC1. The average molecular weight is 432 g/mol. The molecule has 1 aromatic heterocycles. The molecule has 164 valence electrons. The number of fused-ring (bicyclic) bond motifs is 1.